The van der Waals surface area contributed by atoms with Gasteiger partial charge >= 0.3 is 0 Å². The van der Waals surface area contributed by atoms with Crippen molar-refractivity contribution in [2.45, 2.75) is 59.2 Å². The number of ether oxygens (including phenoxy) is 1. The summed E-state index contributed by atoms with van der Waals surface area (Å²) in [7, 11) is 0. The van der Waals surface area contributed by atoms with E-state index < -0.39 is 0 Å². The van der Waals surface area contributed by atoms with Gasteiger partial charge in [0.2, 0.25) is 5.91 Å². The molecule has 4 nitrogen and oxygen atoms in total. The van der Waals surface area contributed by atoms with E-state index in [0.717, 1.165) is 19.3 Å². The predicted octanol–water partition coefficient (Wildman–Crippen LogP) is 2.10. The number of amides is 1. The zero-order valence-electron chi connectivity index (χ0n) is 12.6. The van der Waals surface area contributed by atoms with Crippen molar-refractivity contribution in [2.75, 3.05) is 13.1 Å². The minimum Gasteiger partial charge on any atom is -0.364 e. The van der Waals surface area contributed by atoms with E-state index in [2.05, 4.69) is 33.0 Å². The summed E-state index contributed by atoms with van der Waals surface area (Å²) in [4.78, 5) is 12.0. The average Bonchev–Trinajstić information content (AvgIpc) is 2.72. The maximum absolute atomic E-state index is 12.0. The number of halogens is 1. The molecule has 19 heavy (non-hydrogen) atoms. The van der Waals surface area contributed by atoms with Crippen LogP contribution in [0.2, 0.25) is 0 Å². The zero-order valence-corrected chi connectivity index (χ0v) is 13.4. The molecule has 0 spiro atoms. The molecule has 0 bridgehead atoms. The summed E-state index contributed by atoms with van der Waals surface area (Å²) in [5.41, 5.74) is 5.67. The van der Waals surface area contributed by atoms with Crippen molar-refractivity contribution in [2.24, 2.45) is 17.1 Å². The second-order valence-electron chi connectivity index (χ2n) is 6.54. The number of carbonyl (C=O) groups is 1. The third kappa shape index (κ3) is 6.59. The molecule has 1 saturated heterocycles. The lowest BCUT2D eigenvalue weighted by atomic mass is 9.84. The van der Waals surface area contributed by atoms with E-state index in [0.29, 0.717) is 19.0 Å². The summed E-state index contributed by atoms with van der Waals surface area (Å²) in [6.45, 7) is 9.99. The van der Waals surface area contributed by atoms with Gasteiger partial charge in [-0.05, 0) is 30.6 Å². The summed E-state index contributed by atoms with van der Waals surface area (Å²) < 4.78 is 5.58. The van der Waals surface area contributed by atoms with Crippen LogP contribution in [0.25, 0.3) is 0 Å². The lowest BCUT2D eigenvalue weighted by Gasteiger charge is -2.27. The van der Waals surface area contributed by atoms with Gasteiger partial charge in [0.05, 0.1) is 6.10 Å². The Morgan fingerprint density at radius 1 is 1.42 bits per heavy atom. The maximum atomic E-state index is 12.0. The van der Waals surface area contributed by atoms with Gasteiger partial charge in [-0.25, -0.2) is 0 Å². The first-order chi connectivity index (χ1) is 8.34. The van der Waals surface area contributed by atoms with Crippen LogP contribution >= 0.6 is 12.4 Å². The van der Waals surface area contributed by atoms with E-state index >= 15 is 0 Å². The van der Waals surface area contributed by atoms with Gasteiger partial charge < -0.3 is 15.8 Å². The Balaban J connectivity index is 0.00000324. The van der Waals surface area contributed by atoms with Crippen LogP contribution in [-0.2, 0) is 9.53 Å². The van der Waals surface area contributed by atoms with Gasteiger partial charge in [-0.2, -0.15) is 0 Å². The van der Waals surface area contributed by atoms with Gasteiger partial charge in [-0.15, -0.1) is 12.4 Å². The first kappa shape index (κ1) is 18.7. The smallest absolute Gasteiger partial charge is 0.249 e. The second-order valence-corrected chi connectivity index (χ2v) is 6.54. The molecule has 0 aromatic rings. The highest BCUT2D eigenvalue weighted by Crippen LogP contribution is 2.25. The highest BCUT2D eigenvalue weighted by Gasteiger charge is 2.30. The van der Waals surface area contributed by atoms with Crippen LogP contribution in [0.4, 0.5) is 0 Å². The number of nitrogens with one attached hydrogen (secondary N) is 1. The molecule has 2 atom stereocenters. The molecule has 1 rings (SSSR count). The van der Waals surface area contributed by atoms with E-state index in [1.807, 2.05) is 0 Å². The van der Waals surface area contributed by atoms with E-state index in [4.69, 9.17) is 10.5 Å². The summed E-state index contributed by atoms with van der Waals surface area (Å²) >= 11 is 0. The third-order valence-corrected chi connectivity index (χ3v) is 3.36. The molecular formula is C14H29ClN2O2. The standard InChI is InChI=1S/C14H28N2O2.ClH/c1-10(2)7-14(3,4)9-16-13(17)12-6-5-11(8-15)18-12;/h10-12H,5-9,15H2,1-4H3,(H,16,17);1H/t11-,12+;/m1./s1. The molecule has 0 aliphatic carbocycles. The Morgan fingerprint density at radius 3 is 2.53 bits per heavy atom. The van der Waals surface area contributed by atoms with Gasteiger partial charge in [0.1, 0.15) is 6.10 Å². The van der Waals surface area contributed by atoms with Crippen molar-refractivity contribution < 1.29 is 9.53 Å². The normalized spacial score (nSPS) is 23.3. The highest BCUT2D eigenvalue weighted by atomic mass is 35.5. The first-order valence-corrected chi connectivity index (χ1v) is 6.97. The van der Waals surface area contributed by atoms with E-state index in [1.54, 1.807) is 0 Å². The summed E-state index contributed by atoms with van der Waals surface area (Å²) in [6, 6.07) is 0. The fourth-order valence-electron chi connectivity index (χ4n) is 2.69. The van der Waals surface area contributed by atoms with Gasteiger partial charge in [0.25, 0.3) is 0 Å². The number of rotatable bonds is 6. The van der Waals surface area contributed by atoms with Gasteiger partial charge in [-0.3, -0.25) is 4.79 Å². The van der Waals surface area contributed by atoms with Crippen LogP contribution < -0.4 is 11.1 Å². The minimum atomic E-state index is -0.298. The quantitative estimate of drug-likeness (QED) is 0.788. The molecule has 0 unspecified atom stereocenters. The molecule has 5 heteroatoms. The number of hydrogen-bond acceptors (Lipinski definition) is 3. The van der Waals surface area contributed by atoms with Crippen LogP contribution in [0.15, 0.2) is 0 Å². The Morgan fingerprint density at radius 2 is 2.05 bits per heavy atom. The van der Waals surface area contributed by atoms with E-state index in [1.165, 1.54) is 0 Å². The molecule has 1 aliphatic rings. The molecule has 0 radical (unpaired) electrons. The third-order valence-electron chi connectivity index (χ3n) is 3.36. The van der Waals surface area contributed by atoms with Crippen molar-refractivity contribution in [3.63, 3.8) is 0 Å². The predicted molar refractivity (Wildman–Crippen MR) is 80.4 cm³/mol. The highest BCUT2D eigenvalue weighted by molar-refractivity contribution is 5.85. The Hall–Kier alpha value is -0.320. The molecule has 0 aromatic heterocycles. The second kappa shape index (κ2) is 8.08. The molecule has 1 amide bonds. The molecule has 0 aromatic carbocycles. The van der Waals surface area contributed by atoms with Crippen molar-refractivity contribution >= 4 is 18.3 Å². The fraction of sp³-hybridized carbons (Fsp3) is 0.929. The average molecular weight is 293 g/mol. The monoisotopic (exact) mass is 292 g/mol. The van der Waals surface area contributed by atoms with E-state index in [9.17, 15) is 4.79 Å². The van der Waals surface area contributed by atoms with Gasteiger partial charge in [-0.1, -0.05) is 27.7 Å². The van der Waals surface area contributed by atoms with Gasteiger partial charge in [0, 0.05) is 13.1 Å². The number of nitrogens with two attached hydrogens (primary N) is 1. The Labute approximate surface area is 123 Å². The SMILES string of the molecule is CC(C)CC(C)(C)CNC(=O)[C@@H]1CC[C@H](CN)O1.Cl. The molecular weight excluding hydrogens is 264 g/mol. The van der Waals surface area contributed by atoms with Crippen LogP contribution in [0.1, 0.15) is 47.0 Å². The molecule has 1 aliphatic heterocycles. The maximum Gasteiger partial charge on any atom is 0.249 e. The zero-order chi connectivity index (χ0) is 13.8. The lowest BCUT2D eigenvalue weighted by Crippen LogP contribution is -2.40. The fourth-order valence-corrected chi connectivity index (χ4v) is 2.69. The molecule has 114 valence electrons. The van der Waals surface area contributed by atoms with Crippen molar-refractivity contribution in [1.29, 1.82) is 0 Å². The van der Waals surface area contributed by atoms with Crippen LogP contribution in [0, 0.1) is 11.3 Å². The summed E-state index contributed by atoms with van der Waals surface area (Å²) in [6.07, 6.45) is 2.55. The van der Waals surface area contributed by atoms with Crippen molar-refractivity contribution in [1.82, 2.24) is 5.32 Å². The van der Waals surface area contributed by atoms with Crippen LogP contribution in [0.3, 0.4) is 0 Å². The Kier molecular flexibility index (Phi) is 7.94. The van der Waals surface area contributed by atoms with Crippen LogP contribution in [0.5, 0.6) is 0 Å². The minimum absolute atomic E-state index is 0. The van der Waals surface area contributed by atoms with E-state index in [-0.39, 0.29) is 35.9 Å². The molecule has 1 fully saturated rings. The molecule has 3 N–H and O–H groups in total. The van der Waals surface area contributed by atoms with Crippen molar-refractivity contribution in [3.05, 3.63) is 0 Å². The molecule has 1 heterocycles. The van der Waals surface area contributed by atoms with Crippen molar-refractivity contribution in [3.8, 4) is 0 Å². The molecule has 0 saturated carbocycles. The summed E-state index contributed by atoms with van der Waals surface area (Å²) in [5.74, 6) is 0.657. The number of carbonyl (C=O) groups excluding carboxylic acids is 1. The largest absolute Gasteiger partial charge is 0.364 e. The number of hydrogen-bond donors (Lipinski definition) is 2. The first-order valence-electron chi connectivity index (χ1n) is 6.97. The van der Waals surface area contributed by atoms with Gasteiger partial charge in [0.15, 0.2) is 0 Å². The Bertz CT molecular complexity index is 283. The topological polar surface area (TPSA) is 64.4 Å². The summed E-state index contributed by atoms with van der Waals surface area (Å²) in [5, 5.41) is 3.01. The van der Waals surface area contributed by atoms with Crippen LogP contribution in [-0.4, -0.2) is 31.2 Å². The lowest BCUT2D eigenvalue weighted by molar-refractivity contribution is -0.132.